The van der Waals surface area contributed by atoms with Crippen LogP contribution in [0.3, 0.4) is 0 Å². The molecule has 7 heteroatoms. The van der Waals surface area contributed by atoms with Gasteiger partial charge in [0.05, 0.1) is 0 Å². The van der Waals surface area contributed by atoms with E-state index in [1.165, 1.54) is 75.1 Å². The van der Waals surface area contributed by atoms with Crippen molar-refractivity contribution in [2.24, 2.45) is 35.5 Å². The molecular weight excluding hydrogens is 528 g/mol. The van der Waals surface area contributed by atoms with E-state index >= 15 is 0 Å². The van der Waals surface area contributed by atoms with Gasteiger partial charge >= 0.3 is 0 Å². The summed E-state index contributed by atoms with van der Waals surface area (Å²) in [5, 5.41) is 14.0. The quantitative estimate of drug-likeness (QED) is 0.0864. The van der Waals surface area contributed by atoms with Crippen LogP contribution in [0.25, 0.3) is 0 Å². The van der Waals surface area contributed by atoms with Crippen LogP contribution in [0.5, 0.6) is 0 Å². The molecule has 1 heterocycles. The number of hydrogen-bond acceptors (Lipinski definition) is 6. The fraction of sp³-hybridized carbons (Fsp3) is 0.706. The first-order valence-electron chi connectivity index (χ1n) is 15.8. The molecular formula is C34H54N4O2S. The van der Waals surface area contributed by atoms with Gasteiger partial charge in [-0.05, 0) is 118 Å². The van der Waals surface area contributed by atoms with Crippen LogP contribution in [0.4, 0.5) is 0 Å². The molecule has 0 bridgehead atoms. The highest BCUT2D eigenvalue weighted by Crippen LogP contribution is 2.50. The van der Waals surface area contributed by atoms with Crippen LogP contribution in [0.1, 0.15) is 86.5 Å². The Hall–Kier alpha value is -1.96. The van der Waals surface area contributed by atoms with Crippen molar-refractivity contribution < 1.29 is 9.59 Å². The molecule has 2 amide bonds. The van der Waals surface area contributed by atoms with E-state index in [1.54, 1.807) is 6.08 Å². The monoisotopic (exact) mass is 582 g/mol. The van der Waals surface area contributed by atoms with E-state index in [0.29, 0.717) is 11.6 Å². The third-order valence-corrected chi connectivity index (χ3v) is 10.4. The molecule has 1 saturated heterocycles. The number of carbonyl (C=O) groups excluding carboxylic acids is 2. The topological polar surface area (TPSA) is 85.3 Å². The number of thiocarbonyl (C=S) groups is 1. The minimum absolute atomic E-state index is 0.0198. The molecule has 6 atom stereocenters. The van der Waals surface area contributed by atoms with Crippen LogP contribution in [0.2, 0.25) is 0 Å². The minimum Gasteiger partial charge on any atom is -0.310 e. The number of nitrogens with zero attached hydrogens (tertiary/aromatic N) is 1. The van der Waals surface area contributed by atoms with Crippen molar-refractivity contribution in [1.82, 2.24) is 15.5 Å². The summed E-state index contributed by atoms with van der Waals surface area (Å²) in [6, 6.07) is 0.629. The van der Waals surface area contributed by atoms with Crippen molar-refractivity contribution in [2.75, 3.05) is 26.7 Å². The zero-order chi connectivity index (χ0) is 30.3. The van der Waals surface area contributed by atoms with Crippen molar-refractivity contribution >= 4 is 35.1 Å². The smallest absolute Gasteiger partial charge is 0.268 e. The fourth-order valence-corrected chi connectivity index (χ4v) is 6.60. The third kappa shape index (κ3) is 10.1. The van der Waals surface area contributed by atoms with Gasteiger partial charge in [0, 0.05) is 32.3 Å². The maximum atomic E-state index is 12.2. The van der Waals surface area contributed by atoms with Crippen LogP contribution in [0, 0.1) is 40.9 Å². The lowest BCUT2D eigenvalue weighted by atomic mass is 9.76. The van der Waals surface area contributed by atoms with Gasteiger partial charge in [-0.1, -0.05) is 57.1 Å². The lowest BCUT2D eigenvalue weighted by Gasteiger charge is -2.30. The second-order valence-corrected chi connectivity index (χ2v) is 13.6. The molecule has 41 heavy (non-hydrogen) atoms. The third-order valence-electron chi connectivity index (χ3n) is 10.1. The molecule has 3 rings (SSSR count). The molecule has 0 aromatic heterocycles. The van der Waals surface area contributed by atoms with Crippen molar-refractivity contribution in [1.29, 1.82) is 5.41 Å². The average molecular weight is 583 g/mol. The maximum Gasteiger partial charge on any atom is 0.268 e. The first kappa shape index (κ1) is 33.5. The molecule has 3 N–H and O–H groups in total. The predicted octanol–water partition coefficient (Wildman–Crippen LogP) is 6.28. The van der Waals surface area contributed by atoms with Gasteiger partial charge < -0.3 is 15.6 Å². The van der Waals surface area contributed by atoms with Crippen LogP contribution < -0.4 is 10.6 Å². The first-order chi connectivity index (χ1) is 19.4. The van der Waals surface area contributed by atoms with Crippen molar-refractivity contribution in [3.05, 3.63) is 34.4 Å². The number of carbonyl (C=O) groups is 2. The van der Waals surface area contributed by atoms with Gasteiger partial charge in [-0.2, -0.15) is 0 Å². The molecule has 3 fully saturated rings. The lowest BCUT2D eigenvalue weighted by molar-refractivity contribution is -0.125. The van der Waals surface area contributed by atoms with E-state index in [4.69, 9.17) is 17.6 Å². The normalized spacial score (nSPS) is 26.2. The number of nitrogens with one attached hydrogen (secondary N) is 3. The molecule has 0 radical (unpaired) electrons. The van der Waals surface area contributed by atoms with Gasteiger partial charge in [0.2, 0.25) is 5.91 Å². The zero-order valence-corrected chi connectivity index (χ0v) is 27.3. The van der Waals surface area contributed by atoms with Crippen molar-refractivity contribution in [3.63, 3.8) is 0 Å². The number of allylic oxidation sites excluding steroid dienone is 4. The SMILES string of the molecule is CCC(C)=C(C=C(CNC1CC1)C(C)C(C)C(C)/C(C=N)=C\C(=S)C(=O)NC(C)=O)CCC1CC1C1CCN(C)C1. The predicted molar refractivity (Wildman–Crippen MR) is 174 cm³/mol. The van der Waals surface area contributed by atoms with Crippen molar-refractivity contribution in [2.45, 2.75) is 92.5 Å². The molecule has 2 saturated carbocycles. The van der Waals surface area contributed by atoms with Gasteiger partial charge in [-0.3, -0.25) is 14.9 Å². The van der Waals surface area contributed by atoms with Crippen LogP contribution in [-0.4, -0.2) is 60.5 Å². The van der Waals surface area contributed by atoms with Crippen molar-refractivity contribution in [3.8, 4) is 0 Å². The summed E-state index contributed by atoms with van der Waals surface area (Å²) >= 11 is 5.27. The molecule has 0 aromatic rings. The Morgan fingerprint density at radius 3 is 2.37 bits per heavy atom. The Bertz CT molecular complexity index is 1070. The highest BCUT2D eigenvalue weighted by Gasteiger charge is 2.43. The molecule has 0 spiro atoms. The second-order valence-electron chi connectivity index (χ2n) is 13.1. The van der Waals surface area contributed by atoms with Crippen LogP contribution in [-0.2, 0) is 9.59 Å². The van der Waals surface area contributed by atoms with Gasteiger partial charge in [-0.15, -0.1) is 0 Å². The summed E-state index contributed by atoms with van der Waals surface area (Å²) in [5.74, 6) is 2.21. The van der Waals surface area contributed by atoms with Crippen LogP contribution >= 0.6 is 12.2 Å². The summed E-state index contributed by atoms with van der Waals surface area (Å²) < 4.78 is 0. The summed E-state index contributed by atoms with van der Waals surface area (Å²) in [6.07, 6.45) is 14.2. The van der Waals surface area contributed by atoms with Gasteiger partial charge in [0.15, 0.2) is 0 Å². The number of likely N-dealkylation sites (tertiary alicyclic amines) is 1. The summed E-state index contributed by atoms with van der Waals surface area (Å²) in [7, 11) is 2.26. The number of rotatable bonds is 16. The molecule has 6 nitrogen and oxygen atoms in total. The standard InChI is InChI=1S/C34H54N4O2S/c1-8-21(2)26(9-10-27-16-32(27)28-13-14-38(7)20-28)15-30(19-36-31-11-12-31)24(5)22(3)23(4)29(18-35)17-33(41)34(40)37-25(6)39/h15,17-18,22-24,27-28,31-32,35-36H,8-14,16,19-20H2,1-7H3,(H,37,39,40)/b26-21?,29-17-,30-15?,35-18?. The Balaban J connectivity index is 1.74. The summed E-state index contributed by atoms with van der Waals surface area (Å²) in [4.78, 5) is 26.0. The Kier molecular flexibility index (Phi) is 12.7. The van der Waals surface area contributed by atoms with E-state index in [2.05, 4.69) is 63.3 Å². The van der Waals surface area contributed by atoms with E-state index < -0.39 is 11.8 Å². The number of amides is 2. The van der Waals surface area contributed by atoms with E-state index in [-0.39, 0.29) is 22.6 Å². The summed E-state index contributed by atoms with van der Waals surface area (Å²) in [6.45, 7) is 15.9. The maximum absolute atomic E-state index is 12.2. The first-order valence-corrected chi connectivity index (χ1v) is 16.2. The minimum atomic E-state index is -0.586. The van der Waals surface area contributed by atoms with E-state index in [9.17, 15) is 9.59 Å². The Morgan fingerprint density at radius 2 is 1.80 bits per heavy atom. The molecule has 1 aliphatic heterocycles. The van der Waals surface area contributed by atoms with E-state index in [0.717, 1.165) is 37.1 Å². The summed E-state index contributed by atoms with van der Waals surface area (Å²) in [5.41, 5.74) is 5.12. The van der Waals surface area contributed by atoms with E-state index in [1.807, 2.05) is 0 Å². The molecule has 0 aromatic carbocycles. The van der Waals surface area contributed by atoms with Gasteiger partial charge in [-0.25, -0.2) is 0 Å². The average Bonchev–Trinajstić information content (AvgIpc) is 3.87. The molecule has 3 aliphatic rings. The highest BCUT2D eigenvalue weighted by atomic mass is 32.1. The largest absolute Gasteiger partial charge is 0.310 e. The van der Waals surface area contributed by atoms with Crippen LogP contribution in [0.15, 0.2) is 34.4 Å². The lowest BCUT2D eigenvalue weighted by Crippen LogP contribution is -2.33. The Morgan fingerprint density at radius 1 is 1.10 bits per heavy atom. The highest BCUT2D eigenvalue weighted by molar-refractivity contribution is 7.82. The van der Waals surface area contributed by atoms with Gasteiger partial charge in [0.1, 0.15) is 4.86 Å². The number of hydrogen-bond donors (Lipinski definition) is 3. The number of imide groups is 1. The Labute approximate surface area is 254 Å². The molecule has 228 valence electrons. The molecule has 6 unspecified atom stereocenters. The fourth-order valence-electron chi connectivity index (χ4n) is 6.41. The second kappa shape index (κ2) is 15.5. The van der Waals surface area contributed by atoms with Gasteiger partial charge in [0.25, 0.3) is 5.91 Å². The zero-order valence-electron chi connectivity index (χ0n) is 26.5. The molecule has 2 aliphatic carbocycles.